The maximum atomic E-state index is 14.3. The number of aryl methyl sites for hydroxylation is 2. The molecular formula is C34H45F3N2O2. The molecule has 0 radical (unpaired) electrons. The van der Waals surface area contributed by atoms with Gasteiger partial charge in [-0.25, -0.2) is 18.2 Å². The number of pyridine rings is 1. The molecule has 1 aliphatic carbocycles. The number of hydrogen-bond donors (Lipinski definition) is 1. The largest absolute Gasteiger partial charge is 0.462 e. The molecule has 1 aromatic heterocycles. The first kappa shape index (κ1) is 33.9. The number of carbonyl (C=O) groups excluding carboxylic acids is 1. The average molecular weight is 571 g/mol. The Hall–Kier alpha value is -3.35. The Morgan fingerprint density at radius 1 is 0.951 bits per heavy atom. The quantitative estimate of drug-likeness (QED) is 0.280. The van der Waals surface area contributed by atoms with Crippen LogP contribution in [0.5, 0.6) is 5.88 Å². The summed E-state index contributed by atoms with van der Waals surface area (Å²) in [5, 5.41) is 3.01. The van der Waals surface area contributed by atoms with Crippen molar-refractivity contribution in [1.82, 2.24) is 10.3 Å². The van der Waals surface area contributed by atoms with Crippen molar-refractivity contribution >= 4 is 5.91 Å². The summed E-state index contributed by atoms with van der Waals surface area (Å²) >= 11 is 0. The van der Waals surface area contributed by atoms with Crippen LogP contribution in [0.3, 0.4) is 0 Å². The van der Waals surface area contributed by atoms with Crippen molar-refractivity contribution in [3.63, 3.8) is 0 Å². The average Bonchev–Trinajstić information content (AvgIpc) is 3.78. The van der Waals surface area contributed by atoms with Crippen LogP contribution in [0.25, 0.3) is 0 Å². The summed E-state index contributed by atoms with van der Waals surface area (Å²) in [6.45, 7) is 13.7. The molecule has 0 spiro atoms. The molecule has 41 heavy (non-hydrogen) atoms. The predicted octanol–water partition coefficient (Wildman–Crippen LogP) is 8.83. The Morgan fingerprint density at radius 2 is 1.56 bits per heavy atom. The van der Waals surface area contributed by atoms with Gasteiger partial charge in [0.05, 0.1) is 0 Å². The summed E-state index contributed by atoms with van der Waals surface area (Å²) in [5.74, 6) is -3.88. The Labute approximate surface area is 243 Å². The summed E-state index contributed by atoms with van der Waals surface area (Å²) in [6, 6.07) is 15.2. The molecule has 4 nitrogen and oxygen atoms in total. The highest BCUT2D eigenvalue weighted by Gasteiger charge is 2.34. The number of benzene rings is 2. The van der Waals surface area contributed by atoms with Gasteiger partial charge in [0.25, 0.3) is 11.8 Å². The summed E-state index contributed by atoms with van der Waals surface area (Å²) in [5.41, 5.74) is 2.23. The van der Waals surface area contributed by atoms with Gasteiger partial charge in [-0.2, -0.15) is 0 Å². The van der Waals surface area contributed by atoms with Crippen LogP contribution in [0.4, 0.5) is 13.2 Å². The molecule has 1 amide bonds. The van der Waals surface area contributed by atoms with Gasteiger partial charge in [-0.1, -0.05) is 69.0 Å². The van der Waals surface area contributed by atoms with Gasteiger partial charge in [-0.15, -0.1) is 0 Å². The Morgan fingerprint density at radius 3 is 2.05 bits per heavy atom. The zero-order chi connectivity index (χ0) is 30.8. The van der Waals surface area contributed by atoms with E-state index in [2.05, 4.69) is 10.3 Å². The fourth-order valence-electron chi connectivity index (χ4n) is 4.03. The van der Waals surface area contributed by atoms with Gasteiger partial charge in [0.2, 0.25) is 5.88 Å². The number of nitrogens with one attached hydrogen (secondary N) is 1. The third-order valence-corrected chi connectivity index (χ3v) is 6.53. The number of rotatable bonds is 9. The normalized spacial score (nSPS) is 13.9. The predicted molar refractivity (Wildman–Crippen MR) is 160 cm³/mol. The van der Waals surface area contributed by atoms with Gasteiger partial charge in [0.1, 0.15) is 5.82 Å². The van der Waals surface area contributed by atoms with E-state index in [1.54, 1.807) is 13.8 Å². The molecule has 2 aromatic carbocycles. The summed E-state index contributed by atoms with van der Waals surface area (Å²) < 4.78 is 47.0. The molecule has 0 bridgehead atoms. The van der Waals surface area contributed by atoms with Crippen LogP contribution in [-0.4, -0.2) is 22.5 Å². The van der Waals surface area contributed by atoms with E-state index in [9.17, 15) is 18.0 Å². The molecule has 1 aliphatic rings. The van der Waals surface area contributed by atoms with Crippen LogP contribution in [0.2, 0.25) is 0 Å². The lowest BCUT2D eigenvalue weighted by Crippen LogP contribution is -2.51. The minimum atomic E-state index is -3.02. The van der Waals surface area contributed by atoms with Gasteiger partial charge >= 0.3 is 0 Å². The fraction of sp³-hybridized carbons (Fsp3) is 0.471. The topological polar surface area (TPSA) is 51.2 Å². The minimum Gasteiger partial charge on any atom is -0.462 e. The van der Waals surface area contributed by atoms with E-state index in [1.807, 2.05) is 65.0 Å². The molecule has 1 saturated carbocycles. The third-order valence-electron chi connectivity index (χ3n) is 6.53. The van der Waals surface area contributed by atoms with Crippen LogP contribution in [0, 0.1) is 19.7 Å². The fourth-order valence-corrected chi connectivity index (χ4v) is 4.03. The third kappa shape index (κ3) is 11.2. The molecule has 4 rings (SSSR count). The van der Waals surface area contributed by atoms with Crippen molar-refractivity contribution in [2.24, 2.45) is 0 Å². The van der Waals surface area contributed by atoms with Gasteiger partial charge < -0.3 is 10.1 Å². The molecule has 2 unspecified atom stereocenters. The van der Waals surface area contributed by atoms with Crippen molar-refractivity contribution in [1.29, 1.82) is 0 Å². The van der Waals surface area contributed by atoms with E-state index in [4.69, 9.17) is 4.74 Å². The zero-order valence-electron chi connectivity index (χ0n) is 25.7. The first-order valence-corrected chi connectivity index (χ1v) is 14.4. The van der Waals surface area contributed by atoms with E-state index in [-0.39, 0.29) is 29.2 Å². The van der Waals surface area contributed by atoms with Gasteiger partial charge in [-0.3, -0.25) is 4.79 Å². The first-order valence-electron chi connectivity index (χ1n) is 14.4. The smallest absolute Gasteiger partial charge is 0.272 e. The summed E-state index contributed by atoms with van der Waals surface area (Å²) in [4.78, 5) is 17.1. The van der Waals surface area contributed by atoms with E-state index in [0.717, 1.165) is 35.4 Å². The van der Waals surface area contributed by atoms with Crippen molar-refractivity contribution in [3.8, 4) is 5.88 Å². The molecule has 0 saturated heterocycles. The van der Waals surface area contributed by atoms with Crippen molar-refractivity contribution < 1.29 is 22.7 Å². The van der Waals surface area contributed by atoms with Crippen LogP contribution < -0.4 is 10.1 Å². The Kier molecular flexibility index (Phi) is 12.4. The highest BCUT2D eigenvalue weighted by Crippen LogP contribution is 2.29. The maximum Gasteiger partial charge on any atom is 0.272 e. The highest BCUT2D eigenvalue weighted by atomic mass is 19.3. The molecule has 224 valence electrons. The van der Waals surface area contributed by atoms with Gasteiger partial charge in [0.15, 0.2) is 5.60 Å². The summed E-state index contributed by atoms with van der Waals surface area (Å²) in [7, 11) is 0. The van der Waals surface area contributed by atoms with E-state index in [1.165, 1.54) is 43.5 Å². The van der Waals surface area contributed by atoms with Crippen molar-refractivity contribution in [2.45, 2.75) is 105 Å². The number of halogens is 3. The molecule has 1 fully saturated rings. The van der Waals surface area contributed by atoms with Crippen molar-refractivity contribution in [2.75, 3.05) is 0 Å². The van der Waals surface area contributed by atoms with Crippen LogP contribution in [-0.2, 0) is 17.1 Å². The number of carbonyl (C=O) groups is 1. The number of amides is 1. The van der Waals surface area contributed by atoms with E-state index >= 15 is 0 Å². The molecule has 3 aromatic rings. The number of aromatic nitrogens is 1. The molecule has 1 heterocycles. The number of nitrogens with zero attached hydrogens (tertiary/aromatic N) is 1. The number of hydrogen-bond acceptors (Lipinski definition) is 3. The Balaban J connectivity index is 0.00000108. The van der Waals surface area contributed by atoms with Crippen LogP contribution >= 0.6 is 0 Å². The van der Waals surface area contributed by atoms with Gasteiger partial charge in [0, 0.05) is 36.7 Å². The molecule has 7 heteroatoms. The first-order chi connectivity index (χ1) is 19.2. The maximum absolute atomic E-state index is 14.3. The zero-order valence-corrected chi connectivity index (χ0v) is 25.7. The molecule has 2 atom stereocenters. The second-order valence-electron chi connectivity index (χ2n) is 11.1. The standard InChI is InChI=1S/C29H33F3N2O2.C3H6.C2H6/c1-18-7-9-21(10-8-18)15-25(22-13-19(2)14-24(30)16-22)20(3)34-27(35)28(4,5)36-26-12-11-23(17-33-26)29(6,31)32;1-2-3-1;1-2/h7-14,16-17,20,25H,15H2,1-6H3,(H,34,35);1-3H2;1-2H3. The minimum absolute atomic E-state index is 0.0627. The molecular weight excluding hydrogens is 525 g/mol. The second-order valence-corrected chi connectivity index (χ2v) is 11.1. The Bertz CT molecular complexity index is 1210. The lowest BCUT2D eigenvalue weighted by atomic mass is 9.85. The SMILES string of the molecule is C1CC1.CC.Cc1ccc(CC(c2cc(C)cc(F)c2)C(C)NC(=O)C(C)(C)Oc2ccc(C(C)(F)F)cn2)cc1. The summed E-state index contributed by atoms with van der Waals surface area (Å²) in [6.07, 6.45) is 6.13. The van der Waals surface area contributed by atoms with E-state index < -0.39 is 17.4 Å². The van der Waals surface area contributed by atoms with Crippen molar-refractivity contribution in [3.05, 3.63) is 94.4 Å². The second kappa shape index (κ2) is 15.0. The van der Waals surface area contributed by atoms with E-state index in [0.29, 0.717) is 6.42 Å². The number of alkyl halides is 2. The number of ether oxygens (including phenoxy) is 1. The van der Waals surface area contributed by atoms with Gasteiger partial charge in [-0.05, 0) is 75.9 Å². The van der Waals surface area contributed by atoms with Crippen LogP contribution in [0.1, 0.15) is 94.5 Å². The highest BCUT2D eigenvalue weighted by molar-refractivity contribution is 5.85. The molecule has 0 aliphatic heterocycles. The lowest BCUT2D eigenvalue weighted by molar-refractivity contribution is -0.135. The van der Waals surface area contributed by atoms with Crippen LogP contribution in [0.15, 0.2) is 60.8 Å². The molecule has 1 N–H and O–H groups in total. The monoisotopic (exact) mass is 570 g/mol. The lowest BCUT2D eigenvalue weighted by Gasteiger charge is -2.31.